The molecule has 2 aromatic heterocycles. The summed E-state index contributed by atoms with van der Waals surface area (Å²) in [5.41, 5.74) is 7.39. The number of fused-ring (bicyclic) bond motifs is 1. The quantitative estimate of drug-likeness (QED) is 0.767. The van der Waals surface area contributed by atoms with Gasteiger partial charge in [-0.2, -0.15) is 0 Å². The van der Waals surface area contributed by atoms with Gasteiger partial charge in [0.25, 0.3) is 0 Å². The van der Waals surface area contributed by atoms with Crippen LogP contribution in [0.4, 0.5) is 0 Å². The van der Waals surface area contributed by atoms with Crippen molar-refractivity contribution in [3.63, 3.8) is 0 Å². The zero-order valence-electron chi connectivity index (χ0n) is 9.51. The predicted molar refractivity (Wildman–Crippen MR) is 77.1 cm³/mol. The summed E-state index contributed by atoms with van der Waals surface area (Å²) in [4.78, 5) is 5.17. The molecule has 0 saturated heterocycles. The van der Waals surface area contributed by atoms with E-state index in [1.807, 2.05) is 35.8 Å². The summed E-state index contributed by atoms with van der Waals surface area (Å²) in [6.45, 7) is 0. The van der Waals surface area contributed by atoms with Gasteiger partial charge in [-0.1, -0.05) is 29.8 Å². The maximum atomic E-state index is 6.33. The number of aromatic nitrogens is 1. The summed E-state index contributed by atoms with van der Waals surface area (Å²) in [5.74, 6) is 0. The van der Waals surface area contributed by atoms with E-state index in [-0.39, 0.29) is 6.04 Å². The molecule has 0 aliphatic carbocycles. The van der Waals surface area contributed by atoms with E-state index in [9.17, 15) is 0 Å². The molecule has 0 aliphatic heterocycles. The van der Waals surface area contributed by atoms with Gasteiger partial charge in [-0.05, 0) is 28.5 Å². The van der Waals surface area contributed by atoms with Crippen LogP contribution in [0, 0.1) is 0 Å². The molecular weight excluding hydrogens is 264 g/mol. The van der Waals surface area contributed by atoms with E-state index in [0.717, 1.165) is 26.2 Å². The fourth-order valence-electron chi connectivity index (χ4n) is 2.08. The van der Waals surface area contributed by atoms with Crippen LogP contribution in [-0.2, 0) is 0 Å². The highest BCUT2D eigenvalue weighted by molar-refractivity contribution is 7.10. The van der Waals surface area contributed by atoms with E-state index in [4.69, 9.17) is 17.3 Å². The third-order valence-electron chi connectivity index (χ3n) is 2.98. The first kappa shape index (κ1) is 11.7. The molecule has 0 spiro atoms. The van der Waals surface area contributed by atoms with E-state index in [0.29, 0.717) is 0 Å². The van der Waals surface area contributed by atoms with Gasteiger partial charge in [0.2, 0.25) is 0 Å². The molecule has 4 heteroatoms. The van der Waals surface area contributed by atoms with Crippen molar-refractivity contribution in [2.24, 2.45) is 5.73 Å². The lowest BCUT2D eigenvalue weighted by atomic mass is 10.00. The van der Waals surface area contributed by atoms with E-state index in [1.54, 1.807) is 17.5 Å². The SMILES string of the molecule is NC(c1sccc1Cl)c1cccc2ccncc12. The molecule has 0 amide bonds. The predicted octanol–water partition coefficient (Wildman–Crippen LogP) is 4.00. The summed E-state index contributed by atoms with van der Waals surface area (Å²) in [7, 11) is 0. The number of halogens is 1. The Morgan fingerprint density at radius 3 is 2.89 bits per heavy atom. The molecule has 18 heavy (non-hydrogen) atoms. The van der Waals surface area contributed by atoms with Crippen molar-refractivity contribution in [3.8, 4) is 0 Å². The molecule has 2 heterocycles. The molecule has 0 aliphatic rings. The highest BCUT2D eigenvalue weighted by Crippen LogP contribution is 2.33. The van der Waals surface area contributed by atoms with Crippen molar-refractivity contribution in [1.29, 1.82) is 0 Å². The smallest absolute Gasteiger partial charge is 0.0667 e. The number of pyridine rings is 1. The number of thiophene rings is 1. The molecule has 1 aromatic carbocycles. The van der Waals surface area contributed by atoms with E-state index >= 15 is 0 Å². The lowest BCUT2D eigenvalue weighted by Crippen LogP contribution is -2.11. The third-order valence-corrected chi connectivity index (χ3v) is 4.42. The largest absolute Gasteiger partial charge is 0.320 e. The number of rotatable bonds is 2. The normalized spacial score (nSPS) is 12.8. The van der Waals surface area contributed by atoms with Crippen LogP contribution in [-0.4, -0.2) is 4.98 Å². The summed E-state index contributed by atoms with van der Waals surface area (Å²) in [6, 6.07) is 9.77. The lowest BCUT2D eigenvalue weighted by Gasteiger charge is -2.13. The van der Waals surface area contributed by atoms with E-state index in [1.165, 1.54) is 0 Å². The van der Waals surface area contributed by atoms with Crippen LogP contribution in [0.5, 0.6) is 0 Å². The molecule has 3 aromatic rings. The minimum absolute atomic E-state index is 0.203. The Balaban J connectivity index is 2.18. The van der Waals surface area contributed by atoms with Gasteiger partial charge in [0, 0.05) is 22.7 Å². The monoisotopic (exact) mass is 274 g/mol. The van der Waals surface area contributed by atoms with Crippen LogP contribution >= 0.6 is 22.9 Å². The van der Waals surface area contributed by atoms with Gasteiger partial charge in [0.05, 0.1) is 11.1 Å². The Bertz CT molecular complexity index is 688. The first-order valence-electron chi connectivity index (χ1n) is 5.58. The molecular formula is C14H11ClN2S. The number of hydrogen-bond acceptors (Lipinski definition) is 3. The first-order chi connectivity index (χ1) is 8.77. The summed E-state index contributed by atoms with van der Waals surface area (Å²) >= 11 is 7.73. The van der Waals surface area contributed by atoms with Crippen LogP contribution in [0.3, 0.4) is 0 Å². The Kier molecular flexibility index (Phi) is 3.04. The Hall–Kier alpha value is -1.42. The van der Waals surface area contributed by atoms with Crippen molar-refractivity contribution in [2.45, 2.75) is 6.04 Å². The van der Waals surface area contributed by atoms with Crippen LogP contribution < -0.4 is 5.73 Å². The van der Waals surface area contributed by atoms with Crippen molar-refractivity contribution >= 4 is 33.7 Å². The molecule has 3 rings (SSSR count). The van der Waals surface area contributed by atoms with Gasteiger partial charge in [0.1, 0.15) is 0 Å². The molecule has 0 fully saturated rings. The van der Waals surface area contributed by atoms with Crippen LogP contribution in [0.2, 0.25) is 5.02 Å². The zero-order chi connectivity index (χ0) is 12.5. The van der Waals surface area contributed by atoms with Gasteiger partial charge in [-0.25, -0.2) is 0 Å². The minimum Gasteiger partial charge on any atom is -0.320 e. The van der Waals surface area contributed by atoms with Crippen molar-refractivity contribution < 1.29 is 0 Å². The minimum atomic E-state index is -0.203. The lowest BCUT2D eigenvalue weighted by molar-refractivity contribution is 0.903. The highest BCUT2D eigenvalue weighted by Gasteiger charge is 2.16. The number of hydrogen-bond donors (Lipinski definition) is 1. The summed E-state index contributed by atoms with van der Waals surface area (Å²) in [6.07, 6.45) is 3.64. The van der Waals surface area contributed by atoms with E-state index < -0.39 is 0 Å². The maximum Gasteiger partial charge on any atom is 0.0667 e. The Morgan fingerprint density at radius 1 is 1.22 bits per heavy atom. The fraction of sp³-hybridized carbons (Fsp3) is 0.0714. The molecule has 90 valence electrons. The standard InChI is InChI=1S/C14H11ClN2S/c15-12-5-7-18-14(12)13(16)10-3-1-2-9-4-6-17-8-11(9)10/h1-8,13H,16H2. The van der Waals surface area contributed by atoms with Gasteiger partial charge >= 0.3 is 0 Å². The molecule has 2 nitrogen and oxygen atoms in total. The second kappa shape index (κ2) is 4.69. The van der Waals surface area contributed by atoms with E-state index in [2.05, 4.69) is 11.1 Å². The number of nitrogens with two attached hydrogens (primary N) is 1. The average molecular weight is 275 g/mol. The van der Waals surface area contributed by atoms with Crippen molar-refractivity contribution in [2.75, 3.05) is 0 Å². The fourth-order valence-corrected chi connectivity index (χ4v) is 3.27. The Morgan fingerprint density at radius 2 is 2.11 bits per heavy atom. The average Bonchev–Trinajstić information content (AvgIpc) is 2.83. The second-order valence-electron chi connectivity index (χ2n) is 4.05. The van der Waals surface area contributed by atoms with Gasteiger partial charge < -0.3 is 5.73 Å². The van der Waals surface area contributed by atoms with Crippen LogP contribution in [0.15, 0.2) is 48.1 Å². The van der Waals surface area contributed by atoms with Gasteiger partial charge in [0.15, 0.2) is 0 Å². The zero-order valence-corrected chi connectivity index (χ0v) is 11.1. The number of benzene rings is 1. The van der Waals surface area contributed by atoms with Crippen molar-refractivity contribution in [1.82, 2.24) is 4.98 Å². The van der Waals surface area contributed by atoms with Crippen LogP contribution in [0.25, 0.3) is 10.8 Å². The molecule has 1 unspecified atom stereocenters. The van der Waals surface area contributed by atoms with Crippen molar-refractivity contribution in [3.05, 3.63) is 63.6 Å². The highest BCUT2D eigenvalue weighted by atomic mass is 35.5. The van der Waals surface area contributed by atoms with Crippen LogP contribution in [0.1, 0.15) is 16.5 Å². The van der Waals surface area contributed by atoms with Gasteiger partial charge in [-0.3, -0.25) is 4.98 Å². The molecule has 0 radical (unpaired) electrons. The number of nitrogens with zero attached hydrogens (tertiary/aromatic N) is 1. The third kappa shape index (κ3) is 1.90. The molecule has 0 bridgehead atoms. The first-order valence-corrected chi connectivity index (χ1v) is 6.84. The summed E-state index contributed by atoms with van der Waals surface area (Å²) < 4.78 is 0. The molecule has 2 N–H and O–H groups in total. The van der Waals surface area contributed by atoms with Gasteiger partial charge in [-0.15, -0.1) is 11.3 Å². The maximum absolute atomic E-state index is 6.33. The molecule has 0 saturated carbocycles. The Labute approximate surface area is 114 Å². The molecule has 1 atom stereocenters. The second-order valence-corrected chi connectivity index (χ2v) is 5.41. The summed E-state index contributed by atoms with van der Waals surface area (Å²) in [5, 5.41) is 4.91. The topological polar surface area (TPSA) is 38.9 Å².